The van der Waals surface area contributed by atoms with Crippen molar-refractivity contribution in [3.8, 4) is 5.75 Å². The number of likely N-dealkylation sites (tertiary alicyclic amines) is 1. The zero-order valence-corrected chi connectivity index (χ0v) is 16.5. The van der Waals surface area contributed by atoms with Crippen LogP contribution in [0.3, 0.4) is 0 Å². The number of aromatic nitrogens is 3. The smallest absolute Gasteiger partial charge is 0.345 e. The van der Waals surface area contributed by atoms with Crippen molar-refractivity contribution in [1.29, 1.82) is 0 Å². The monoisotopic (exact) mass is 372 g/mol. The van der Waals surface area contributed by atoms with Gasteiger partial charge in [-0.15, -0.1) is 0 Å². The van der Waals surface area contributed by atoms with E-state index in [1.54, 1.807) is 11.6 Å². The maximum Gasteiger partial charge on any atom is 0.345 e. The fourth-order valence-electron chi connectivity index (χ4n) is 3.52. The van der Waals surface area contributed by atoms with Gasteiger partial charge in [0.2, 0.25) is 0 Å². The third-order valence-electron chi connectivity index (χ3n) is 5.09. The summed E-state index contributed by atoms with van der Waals surface area (Å²) in [5.41, 5.74) is 1.08. The maximum atomic E-state index is 12.4. The summed E-state index contributed by atoms with van der Waals surface area (Å²) in [5.74, 6) is 1.73. The number of piperidine rings is 1. The Bertz CT molecular complexity index is 843. The summed E-state index contributed by atoms with van der Waals surface area (Å²) >= 11 is 0. The topological polar surface area (TPSA) is 69.4 Å². The Morgan fingerprint density at radius 3 is 2.44 bits per heavy atom. The van der Waals surface area contributed by atoms with E-state index in [1.165, 1.54) is 4.68 Å². The van der Waals surface area contributed by atoms with Crippen molar-refractivity contribution in [2.45, 2.75) is 45.6 Å². The van der Waals surface area contributed by atoms with Gasteiger partial charge in [-0.05, 0) is 45.7 Å². The Hall–Kier alpha value is -2.57. The SMILES string of the molecule is Cc1ccc(OCC(=O)N2CCC(c3nn(C)c(=O)n3C(C)C)CC2)cc1. The van der Waals surface area contributed by atoms with Gasteiger partial charge < -0.3 is 9.64 Å². The van der Waals surface area contributed by atoms with Crippen LogP contribution in [-0.4, -0.2) is 44.9 Å². The minimum absolute atomic E-state index is 0.00343. The molecule has 1 aliphatic heterocycles. The van der Waals surface area contributed by atoms with Crippen molar-refractivity contribution in [1.82, 2.24) is 19.2 Å². The van der Waals surface area contributed by atoms with E-state index >= 15 is 0 Å². The average Bonchev–Trinajstić information content (AvgIpc) is 2.96. The molecule has 0 spiro atoms. The van der Waals surface area contributed by atoms with E-state index < -0.39 is 0 Å². The molecule has 27 heavy (non-hydrogen) atoms. The van der Waals surface area contributed by atoms with Crippen molar-refractivity contribution in [2.24, 2.45) is 7.05 Å². The second kappa shape index (κ2) is 7.98. The van der Waals surface area contributed by atoms with Crippen LogP contribution in [0.15, 0.2) is 29.1 Å². The first-order valence-electron chi connectivity index (χ1n) is 9.49. The van der Waals surface area contributed by atoms with Crippen molar-refractivity contribution in [3.05, 3.63) is 46.1 Å². The van der Waals surface area contributed by atoms with Gasteiger partial charge in [0.25, 0.3) is 5.91 Å². The number of rotatable bonds is 5. The minimum Gasteiger partial charge on any atom is -0.484 e. The molecule has 0 saturated carbocycles. The van der Waals surface area contributed by atoms with E-state index in [0.29, 0.717) is 18.8 Å². The number of carbonyl (C=O) groups is 1. The fraction of sp³-hybridized carbons (Fsp3) is 0.550. The molecule has 0 N–H and O–H groups in total. The normalized spacial score (nSPS) is 15.4. The predicted octanol–water partition coefficient (Wildman–Crippen LogP) is 2.26. The van der Waals surface area contributed by atoms with Gasteiger partial charge in [-0.3, -0.25) is 9.36 Å². The number of carbonyl (C=O) groups excluding carboxylic acids is 1. The van der Waals surface area contributed by atoms with Gasteiger partial charge in [-0.1, -0.05) is 17.7 Å². The van der Waals surface area contributed by atoms with Crippen LogP contribution in [0.4, 0.5) is 0 Å². The summed E-state index contributed by atoms with van der Waals surface area (Å²) in [7, 11) is 1.69. The Morgan fingerprint density at radius 2 is 1.85 bits per heavy atom. The molecule has 0 aliphatic carbocycles. The molecule has 7 nitrogen and oxygen atoms in total. The van der Waals surface area contributed by atoms with Gasteiger partial charge in [0.15, 0.2) is 6.61 Å². The molecule has 3 rings (SSSR count). The first-order valence-corrected chi connectivity index (χ1v) is 9.49. The molecule has 1 saturated heterocycles. The lowest BCUT2D eigenvalue weighted by Gasteiger charge is -2.31. The van der Waals surface area contributed by atoms with Crippen LogP contribution in [0.2, 0.25) is 0 Å². The number of hydrogen-bond acceptors (Lipinski definition) is 4. The summed E-state index contributed by atoms with van der Waals surface area (Å²) in [4.78, 5) is 26.5. The average molecular weight is 372 g/mol. The fourth-order valence-corrected chi connectivity index (χ4v) is 3.52. The van der Waals surface area contributed by atoms with Gasteiger partial charge in [0.05, 0.1) is 0 Å². The zero-order chi connectivity index (χ0) is 19.6. The molecule has 0 radical (unpaired) electrons. The van der Waals surface area contributed by atoms with Crippen LogP contribution in [-0.2, 0) is 11.8 Å². The number of hydrogen-bond donors (Lipinski definition) is 0. The molecule has 2 aromatic rings. The molecular formula is C20H28N4O3. The van der Waals surface area contributed by atoms with Gasteiger partial charge in [0.1, 0.15) is 11.6 Å². The van der Waals surface area contributed by atoms with E-state index in [0.717, 1.165) is 24.2 Å². The Morgan fingerprint density at radius 1 is 1.22 bits per heavy atom. The number of benzene rings is 1. The molecule has 1 aromatic carbocycles. The van der Waals surface area contributed by atoms with Crippen molar-refractivity contribution >= 4 is 5.91 Å². The number of amides is 1. The lowest BCUT2D eigenvalue weighted by molar-refractivity contribution is -0.134. The van der Waals surface area contributed by atoms with E-state index in [4.69, 9.17) is 4.74 Å². The first kappa shape index (κ1) is 19.2. The third kappa shape index (κ3) is 4.23. The van der Waals surface area contributed by atoms with Crippen molar-refractivity contribution in [2.75, 3.05) is 19.7 Å². The molecule has 0 unspecified atom stereocenters. The standard InChI is InChI=1S/C20H28N4O3/c1-14(2)24-19(21-22(4)20(24)26)16-9-11-23(12-10-16)18(25)13-27-17-7-5-15(3)6-8-17/h5-8,14,16H,9-13H2,1-4H3. The Labute approximate surface area is 159 Å². The lowest BCUT2D eigenvalue weighted by atomic mass is 9.95. The molecule has 0 bridgehead atoms. The second-order valence-electron chi connectivity index (χ2n) is 7.48. The van der Waals surface area contributed by atoms with Crippen LogP contribution in [0, 0.1) is 6.92 Å². The predicted molar refractivity (Wildman–Crippen MR) is 103 cm³/mol. The van der Waals surface area contributed by atoms with Gasteiger partial charge >= 0.3 is 5.69 Å². The number of aryl methyl sites for hydroxylation is 2. The lowest BCUT2D eigenvalue weighted by Crippen LogP contribution is -2.41. The Balaban J connectivity index is 1.57. The van der Waals surface area contributed by atoms with Crippen LogP contribution in [0.5, 0.6) is 5.75 Å². The summed E-state index contributed by atoms with van der Waals surface area (Å²) in [6.45, 7) is 7.36. The molecule has 0 atom stereocenters. The van der Waals surface area contributed by atoms with Crippen molar-refractivity contribution < 1.29 is 9.53 Å². The van der Waals surface area contributed by atoms with E-state index in [2.05, 4.69) is 5.10 Å². The highest BCUT2D eigenvalue weighted by atomic mass is 16.5. The van der Waals surface area contributed by atoms with E-state index in [1.807, 2.05) is 49.9 Å². The van der Waals surface area contributed by atoms with Crippen molar-refractivity contribution in [3.63, 3.8) is 0 Å². The second-order valence-corrected chi connectivity index (χ2v) is 7.48. The molecular weight excluding hydrogens is 344 g/mol. The van der Waals surface area contributed by atoms with E-state index in [-0.39, 0.29) is 30.2 Å². The highest BCUT2D eigenvalue weighted by Crippen LogP contribution is 2.27. The molecule has 146 valence electrons. The molecule has 1 fully saturated rings. The van der Waals surface area contributed by atoms with Gasteiger partial charge in [-0.25, -0.2) is 9.48 Å². The highest BCUT2D eigenvalue weighted by Gasteiger charge is 2.29. The molecule has 1 aromatic heterocycles. The summed E-state index contributed by atoms with van der Waals surface area (Å²) in [6.07, 6.45) is 1.61. The van der Waals surface area contributed by atoms with Crippen LogP contribution < -0.4 is 10.4 Å². The zero-order valence-electron chi connectivity index (χ0n) is 16.5. The maximum absolute atomic E-state index is 12.4. The quantitative estimate of drug-likeness (QED) is 0.807. The van der Waals surface area contributed by atoms with Crippen LogP contribution in [0.1, 0.15) is 50.0 Å². The first-order chi connectivity index (χ1) is 12.9. The molecule has 2 heterocycles. The van der Waals surface area contributed by atoms with Crippen LogP contribution in [0.25, 0.3) is 0 Å². The van der Waals surface area contributed by atoms with E-state index in [9.17, 15) is 9.59 Å². The number of nitrogens with zero attached hydrogens (tertiary/aromatic N) is 4. The number of ether oxygens (including phenoxy) is 1. The van der Waals surface area contributed by atoms with Gasteiger partial charge in [0, 0.05) is 32.1 Å². The van der Waals surface area contributed by atoms with Gasteiger partial charge in [-0.2, -0.15) is 5.10 Å². The molecule has 1 amide bonds. The summed E-state index contributed by atoms with van der Waals surface area (Å²) < 4.78 is 8.78. The largest absolute Gasteiger partial charge is 0.484 e. The molecule has 7 heteroatoms. The molecule has 1 aliphatic rings. The third-order valence-corrected chi connectivity index (χ3v) is 5.09. The summed E-state index contributed by atoms with van der Waals surface area (Å²) in [6, 6.07) is 7.75. The highest BCUT2D eigenvalue weighted by molar-refractivity contribution is 5.77. The van der Waals surface area contributed by atoms with Crippen LogP contribution >= 0.6 is 0 Å². The minimum atomic E-state index is -0.0787. The Kier molecular flexibility index (Phi) is 5.68. The summed E-state index contributed by atoms with van der Waals surface area (Å²) in [5, 5.41) is 4.45.